The number of pyridine rings is 1. The summed E-state index contributed by atoms with van der Waals surface area (Å²) in [5, 5.41) is 3.62. The Balaban J connectivity index is 1.65. The molecule has 0 aliphatic heterocycles. The van der Waals surface area contributed by atoms with Crippen molar-refractivity contribution in [3.05, 3.63) is 53.2 Å². The predicted molar refractivity (Wildman–Crippen MR) is 93.3 cm³/mol. The molecule has 3 rings (SSSR count). The molecule has 1 aromatic carbocycles. The number of rotatable bonds is 6. The highest BCUT2D eigenvalue weighted by Crippen LogP contribution is 2.28. The molecule has 5 heteroatoms. The fourth-order valence-electron chi connectivity index (χ4n) is 2.91. The molecular weight excluding hydrogens is 302 g/mol. The number of nitrogens with zero attached hydrogens (tertiary/aromatic N) is 1. The zero-order valence-corrected chi connectivity index (χ0v) is 14.1. The molecule has 1 atom stereocenters. The van der Waals surface area contributed by atoms with Crippen LogP contribution in [-0.2, 0) is 12.8 Å². The van der Waals surface area contributed by atoms with E-state index in [1.165, 1.54) is 17.3 Å². The third-order valence-corrected chi connectivity index (χ3v) is 4.17. The number of nitrogens with one attached hydrogen (secondary N) is 1. The van der Waals surface area contributed by atoms with E-state index in [9.17, 15) is 4.79 Å². The van der Waals surface area contributed by atoms with E-state index in [-0.39, 0.29) is 0 Å². The maximum atomic E-state index is 11.1. The van der Waals surface area contributed by atoms with Crippen molar-refractivity contribution in [2.75, 3.05) is 6.54 Å². The Hall–Kier alpha value is -2.40. The molecule has 1 aliphatic carbocycles. The van der Waals surface area contributed by atoms with Crippen molar-refractivity contribution in [2.24, 2.45) is 11.7 Å². The van der Waals surface area contributed by atoms with E-state index in [1.54, 1.807) is 12.1 Å². The number of amides is 1. The van der Waals surface area contributed by atoms with Crippen LogP contribution in [0.25, 0.3) is 0 Å². The minimum Gasteiger partial charge on any atom is -0.439 e. The van der Waals surface area contributed by atoms with Crippen LogP contribution in [0.15, 0.2) is 36.5 Å². The molecule has 0 radical (unpaired) electrons. The summed E-state index contributed by atoms with van der Waals surface area (Å²) in [6.45, 7) is 5.48. The highest BCUT2D eigenvalue weighted by atomic mass is 16.5. The number of nitrogens with two attached hydrogens (primary N) is 1. The van der Waals surface area contributed by atoms with E-state index in [2.05, 4.69) is 36.3 Å². The van der Waals surface area contributed by atoms with Gasteiger partial charge in [0.1, 0.15) is 5.75 Å². The lowest BCUT2D eigenvalue weighted by Crippen LogP contribution is -2.32. The van der Waals surface area contributed by atoms with E-state index >= 15 is 0 Å². The number of aromatic nitrogens is 1. The molecule has 24 heavy (non-hydrogen) atoms. The third-order valence-electron chi connectivity index (χ3n) is 4.17. The molecule has 2 aromatic rings. The van der Waals surface area contributed by atoms with Crippen molar-refractivity contribution < 1.29 is 9.53 Å². The Labute approximate surface area is 142 Å². The summed E-state index contributed by atoms with van der Waals surface area (Å²) >= 11 is 0. The van der Waals surface area contributed by atoms with Gasteiger partial charge in [-0.15, -0.1) is 0 Å². The second-order valence-corrected chi connectivity index (χ2v) is 6.69. The van der Waals surface area contributed by atoms with Crippen LogP contribution in [0.3, 0.4) is 0 Å². The Morgan fingerprint density at radius 2 is 2.08 bits per heavy atom. The van der Waals surface area contributed by atoms with Gasteiger partial charge in [-0.2, -0.15) is 0 Å². The standard InChI is InChI=1S/C19H23N3O2/c1-12(2)10-21-16-7-13-3-5-17(9-15(13)8-16)24-18-6-4-14(11-22-18)19(20)23/h3-6,9,11-12,16,21H,7-8,10H2,1-2H3,(H2,20,23). The second kappa shape index (κ2) is 7.01. The highest BCUT2D eigenvalue weighted by Gasteiger charge is 2.21. The SMILES string of the molecule is CC(C)CNC1Cc2ccc(Oc3ccc(C(N)=O)cn3)cc2C1. The normalized spacial score (nSPS) is 16.2. The average Bonchev–Trinajstić information content (AvgIpc) is 2.95. The number of primary amides is 1. The maximum Gasteiger partial charge on any atom is 0.250 e. The quantitative estimate of drug-likeness (QED) is 0.856. The van der Waals surface area contributed by atoms with Crippen LogP contribution in [0.2, 0.25) is 0 Å². The molecule has 0 bridgehead atoms. The van der Waals surface area contributed by atoms with Crippen LogP contribution in [-0.4, -0.2) is 23.5 Å². The number of hydrogen-bond acceptors (Lipinski definition) is 4. The van der Waals surface area contributed by atoms with E-state index in [0.717, 1.165) is 25.1 Å². The Bertz CT molecular complexity index is 726. The lowest BCUT2D eigenvalue weighted by molar-refractivity contribution is 0.1000. The van der Waals surface area contributed by atoms with Crippen molar-refractivity contribution in [1.82, 2.24) is 10.3 Å². The molecule has 0 saturated carbocycles. The molecule has 3 N–H and O–H groups in total. The number of benzene rings is 1. The Morgan fingerprint density at radius 1 is 1.29 bits per heavy atom. The van der Waals surface area contributed by atoms with Gasteiger partial charge in [0.2, 0.25) is 11.8 Å². The van der Waals surface area contributed by atoms with Crippen LogP contribution in [0.4, 0.5) is 0 Å². The lowest BCUT2D eigenvalue weighted by atomic mass is 10.1. The van der Waals surface area contributed by atoms with Gasteiger partial charge in [-0.1, -0.05) is 19.9 Å². The summed E-state index contributed by atoms with van der Waals surface area (Å²) in [5.74, 6) is 1.37. The molecule has 1 unspecified atom stereocenters. The Morgan fingerprint density at radius 3 is 2.75 bits per heavy atom. The minimum absolute atomic E-state index is 0.371. The van der Waals surface area contributed by atoms with Crippen LogP contribution < -0.4 is 15.8 Å². The van der Waals surface area contributed by atoms with Gasteiger partial charge in [-0.3, -0.25) is 4.79 Å². The molecule has 1 aromatic heterocycles. The summed E-state index contributed by atoms with van der Waals surface area (Å²) < 4.78 is 5.79. The molecule has 0 spiro atoms. The van der Waals surface area contributed by atoms with Crippen molar-refractivity contribution >= 4 is 5.91 Å². The first-order valence-corrected chi connectivity index (χ1v) is 8.30. The number of fused-ring (bicyclic) bond motifs is 1. The number of ether oxygens (including phenoxy) is 1. The maximum absolute atomic E-state index is 11.1. The summed E-state index contributed by atoms with van der Waals surface area (Å²) in [4.78, 5) is 15.2. The largest absolute Gasteiger partial charge is 0.439 e. The van der Waals surface area contributed by atoms with Gasteiger partial charge < -0.3 is 15.8 Å². The van der Waals surface area contributed by atoms with Crippen LogP contribution in [0.5, 0.6) is 11.6 Å². The molecule has 0 fully saturated rings. The second-order valence-electron chi connectivity index (χ2n) is 6.69. The van der Waals surface area contributed by atoms with E-state index < -0.39 is 5.91 Å². The smallest absolute Gasteiger partial charge is 0.250 e. The fourth-order valence-corrected chi connectivity index (χ4v) is 2.91. The highest BCUT2D eigenvalue weighted by molar-refractivity contribution is 5.92. The predicted octanol–water partition coefficient (Wildman–Crippen LogP) is 2.69. The fraction of sp³-hybridized carbons (Fsp3) is 0.368. The zero-order chi connectivity index (χ0) is 17.1. The van der Waals surface area contributed by atoms with Crippen LogP contribution in [0.1, 0.15) is 35.3 Å². The molecule has 1 heterocycles. The van der Waals surface area contributed by atoms with Crippen LogP contribution >= 0.6 is 0 Å². The number of carbonyl (C=O) groups excluding carboxylic acids is 1. The third kappa shape index (κ3) is 3.92. The van der Waals surface area contributed by atoms with Gasteiger partial charge in [-0.25, -0.2) is 4.98 Å². The summed E-state index contributed by atoms with van der Waals surface area (Å²) in [6.07, 6.45) is 3.51. The van der Waals surface area contributed by atoms with Gasteiger partial charge in [0.25, 0.3) is 0 Å². The Kier molecular flexibility index (Phi) is 4.81. The molecular formula is C19H23N3O2. The van der Waals surface area contributed by atoms with Crippen molar-refractivity contribution in [3.63, 3.8) is 0 Å². The minimum atomic E-state index is -0.494. The summed E-state index contributed by atoms with van der Waals surface area (Å²) in [7, 11) is 0. The number of hydrogen-bond donors (Lipinski definition) is 2. The molecule has 1 aliphatic rings. The van der Waals surface area contributed by atoms with Crippen molar-refractivity contribution in [2.45, 2.75) is 32.7 Å². The monoisotopic (exact) mass is 325 g/mol. The topological polar surface area (TPSA) is 77.2 Å². The molecule has 126 valence electrons. The van der Waals surface area contributed by atoms with Gasteiger partial charge in [0.05, 0.1) is 5.56 Å². The lowest BCUT2D eigenvalue weighted by Gasteiger charge is -2.13. The van der Waals surface area contributed by atoms with Gasteiger partial charge in [0.15, 0.2) is 0 Å². The summed E-state index contributed by atoms with van der Waals surface area (Å²) in [5.41, 5.74) is 8.28. The zero-order valence-electron chi connectivity index (χ0n) is 14.1. The van der Waals surface area contributed by atoms with Crippen molar-refractivity contribution in [1.29, 1.82) is 0 Å². The number of carbonyl (C=O) groups is 1. The first-order valence-electron chi connectivity index (χ1n) is 8.30. The van der Waals surface area contributed by atoms with Crippen molar-refractivity contribution in [3.8, 4) is 11.6 Å². The molecule has 0 saturated heterocycles. The molecule has 1 amide bonds. The van der Waals surface area contributed by atoms with Gasteiger partial charge in [-0.05, 0) is 54.6 Å². The summed E-state index contributed by atoms with van der Waals surface area (Å²) in [6, 6.07) is 9.94. The van der Waals surface area contributed by atoms with E-state index in [4.69, 9.17) is 10.5 Å². The average molecular weight is 325 g/mol. The van der Waals surface area contributed by atoms with Crippen LogP contribution in [0, 0.1) is 5.92 Å². The first-order chi connectivity index (χ1) is 11.5. The van der Waals surface area contributed by atoms with E-state index in [0.29, 0.717) is 23.4 Å². The van der Waals surface area contributed by atoms with E-state index in [1.807, 2.05) is 6.07 Å². The van der Waals surface area contributed by atoms with Gasteiger partial charge in [0, 0.05) is 18.3 Å². The first kappa shape index (κ1) is 16.5. The van der Waals surface area contributed by atoms with Gasteiger partial charge >= 0.3 is 0 Å². The molecule has 5 nitrogen and oxygen atoms in total.